The Morgan fingerprint density at radius 2 is 1.88 bits per heavy atom. The molecule has 0 saturated carbocycles. The zero-order valence-corrected chi connectivity index (χ0v) is 22.0. The molecule has 1 aliphatic rings. The molecule has 34 heavy (non-hydrogen) atoms. The van der Waals surface area contributed by atoms with Gasteiger partial charge in [-0.2, -0.15) is 0 Å². The molecule has 0 unspecified atom stereocenters. The number of nitrogens with one attached hydrogen (secondary N) is 3. The van der Waals surface area contributed by atoms with Crippen molar-refractivity contribution in [3.63, 3.8) is 0 Å². The van der Waals surface area contributed by atoms with Gasteiger partial charge in [0.15, 0.2) is 0 Å². The fourth-order valence-electron chi connectivity index (χ4n) is 4.12. The molecule has 184 valence electrons. The van der Waals surface area contributed by atoms with Crippen molar-refractivity contribution in [3.8, 4) is 10.4 Å². The van der Waals surface area contributed by atoms with E-state index in [1.165, 1.54) is 9.75 Å². The molecule has 5 nitrogen and oxygen atoms in total. The van der Waals surface area contributed by atoms with Gasteiger partial charge in [0.1, 0.15) is 0 Å². The van der Waals surface area contributed by atoms with Crippen LogP contribution in [0.2, 0.25) is 0 Å². The van der Waals surface area contributed by atoms with Gasteiger partial charge in [-0.05, 0) is 86.8 Å². The van der Waals surface area contributed by atoms with Gasteiger partial charge in [0.2, 0.25) is 0 Å². The molecular weight excluding hydrogens is 487 g/mol. The number of thiophene rings is 1. The maximum absolute atomic E-state index is 13.1. The lowest BCUT2D eigenvalue weighted by molar-refractivity contribution is 0.0939. The average molecular weight is 522 g/mol. The van der Waals surface area contributed by atoms with E-state index >= 15 is 0 Å². The SMILES string of the molecule is Cc1ccc(NC2CCNCC2)cc1C(=O)N[C@H](C)c1cccc(-c2ccc(CN)s2)c1.Cl.Cl. The van der Waals surface area contributed by atoms with E-state index < -0.39 is 0 Å². The van der Waals surface area contributed by atoms with Gasteiger partial charge >= 0.3 is 0 Å². The Morgan fingerprint density at radius 3 is 2.59 bits per heavy atom. The second kappa shape index (κ2) is 13.1. The van der Waals surface area contributed by atoms with Crippen LogP contribution >= 0.6 is 36.2 Å². The Bertz CT molecular complexity index is 1080. The van der Waals surface area contributed by atoms with Gasteiger partial charge in [-0.15, -0.1) is 36.2 Å². The maximum Gasteiger partial charge on any atom is 0.252 e. The van der Waals surface area contributed by atoms with Crippen LogP contribution in [-0.4, -0.2) is 25.0 Å². The van der Waals surface area contributed by atoms with Gasteiger partial charge in [-0.25, -0.2) is 0 Å². The number of nitrogens with two attached hydrogens (primary N) is 1. The zero-order valence-electron chi connectivity index (χ0n) is 19.6. The Balaban J connectivity index is 0.00000204. The van der Waals surface area contributed by atoms with Crippen molar-refractivity contribution in [2.24, 2.45) is 5.73 Å². The van der Waals surface area contributed by atoms with Crippen LogP contribution in [0.5, 0.6) is 0 Å². The molecule has 1 fully saturated rings. The Labute approximate surface area is 218 Å². The molecule has 0 spiro atoms. The number of aryl methyl sites for hydroxylation is 1. The molecule has 2 heterocycles. The van der Waals surface area contributed by atoms with E-state index in [0.29, 0.717) is 12.6 Å². The number of hydrogen-bond donors (Lipinski definition) is 4. The lowest BCUT2D eigenvalue weighted by Crippen LogP contribution is -2.35. The van der Waals surface area contributed by atoms with Crippen LogP contribution in [0.15, 0.2) is 54.6 Å². The summed E-state index contributed by atoms with van der Waals surface area (Å²) in [7, 11) is 0. The summed E-state index contributed by atoms with van der Waals surface area (Å²) in [5.74, 6) is -0.0455. The van der Waals surface area contributed by atoms with Gasteiger partial charge in [-0.3, -0.25) is 4.79 Å². The normalized spacial score (nSPS) is 14.4. The smallest absolute Gasteiger partial charge is 0.252 e. The number of carbonyl (C=O) groups is 1. The molecule has 5 N–H and O–H groups in total. The predicted molar refractivity (Wildman–Crippen MR) is 149 cm³/mol. The average Bonchev–Trinajstić information content (AvgIpc) is 3.30. The highest BCUT2D eigenvalue weighted by Gasteiger charge is 2.17. The predicted octanol–water partition coefficient (Wildman–Crippen LogP) is 5.68. The summed E-state index contributed by atoms with van der Waals surface area (Å²) >= 11 is 1.71. The third kappa shape index (κ3) is 6.96. The van der Waals surface area contributed by atoms with Crippen molar-refractivity contribution < 1.29 is 4.79 Å². The van der Waals surface area contributed by atoms with Crippen LogP contribution in [-0.2, 0) is 6.54 Å². The fourth-order valence-corrected chi connectivity index (χ4v) is 5.00. The molecule has 4 rings (SSSR count). The molecule has 0 bridgehead atoms. The van der Waals surface area contributed by atoms with Crippen molar-refractivity contribution in [3.05, 3.63) is 76.2 Å². The number of piperidine rings is 1. The third-order valence-electron chi connectivity index (χ3n) is 6.07. The van der Waals surface area contributed by atoms with Gasteiger partial charge in [0, 0.05) is 33.6 Å². The van der Waals surface area contributed by atoms with E-state index in [0.717, 1.165) is 53.9 Å². The number of anilines is 1. The second-order valence-corrected chi connectivity index (χ2v) is 9.66. The Morgan fingerprint density at radius 1 is 1.12 bits per heavy atom. The van der Waals surface area contributed by atoms with Gasteiger partial charge in [0.05, 0.1) is 6.04 Å². The van der Waals surface area contributed by atoms with Crippen molar-refractivity contribution >= 4 is 47.7 Å². The molecule has 1 aromatic heterocycles. The van der Waals surface area contributed by atoms with E-state index in [1.807, 2.05) is 32.0 Å². The van der Waals surface area contributed by atoms with Crippen LogP contribution in [0.25, 0.3) is 10.4 Å². The minimum absolute atomic E-state index is 0. The van der Waals surface area contributed by atoms with Crippen LogP contribution in [0, 0.1) is 6.92 Å². The quantitative estimate of drug-likeness (QED) is 0.323. The summed E-state index contributed by atoms with van der Waals surface area (Å²) < 4.78 is 0. The summed E-state index contributed by atoms with van der Waals surface area (Å²) in [5.41, 5.74) is 10.7. The topological polar surface area (TPSA) is 79.2 Å². The Hall–Kier alpha value is -2.09. The molecule has 0 aliphatic carbocycles. The van der Waals surface area contributed by atoms with E-state index in [2.05, 4.69) is 52.3 Å². The fraction of sp³-hybridized carbons (Fsp3) is 0.346. The monoisotopic (exact) mass is 520 g/mol. The van der Waals surface area contributed by atoms with Crippen LogP contribution in [0.1, 0.15) is 52.2 Å². The van der Waals surface area contributed by atoms with E-state index in [-0.39, 0.29) is 36.8 Å². The summed E-state index contributed by atoms with van der Waals surface area (Å²) in [6.07, 6.45) is 2.19. The zero-order chi connectivity index (χ0) is 22.5. The molecule has 1 aliphatic heterocycles. The molecule has 3 aromatic rings. The first-order valence-corrected chi connectivity index (χ1v) is 12.1. The van der Waals surface area contributed by atoms with E-state index in [4.69, 9.17) is 5.73 Å². The largest absolute Gasteiger partial charge is 0.382 e. The van der Waals surface area contributed by atoms with Crippen molar-refractivity contribution in [1.82, 2.24) is 10.6 Å². The summed E-state index contributed by atoms with van der Waals surface area (Å²) in [4.78, 5) is 15.5. The highest BCUT2D eigenvalue weighted by molar-refractivity contribution is 7.15. The molecule has 2 aromatic carbocycles. The molecule has 1 amide bonds. The van der Waals surface area contributed by atoms with Crippen LogP contribution in [0.3, 0.4) is 0 Å². The maximum atomic E-state index is 13.1. The van der Waals surface area contributed by atoms with E-state index in [9.17, 15) is 4.79 Å². The minimum atomic E-state index is -0.100. The first kappa shape index (κ1) is 28.1. The number of benzene rings is 2. The molecule has 8 heteroatoms. The Kier molecular flexibility index (Phi) is 10.9. The van der Waals surface area contributed by atoms with Gasteiger partial charge in [-0.1, -0.05) is 24.3 Å². The summed E-state index contributed by atoms with van der Waals surface area (Å²) in [6.45, 7) is 6.64. The molecule has 1 saturated heterocycles. The third-order valence-corrected chi connectivity index (χ3v) is 7.23. The molecular formula is C26H34Cl2N4OS. The van der Waals surface area contributed by atoms with Crippen molar-refractivity contribution in [2.75, 3.05) is 18.4 Å². The first-order valence-electron chi connectivity index (χ1n) is 11.3. The number of carbonyl (C=O) groups excluding carboxylic acids is 1. The highest BCUT2D eigenvalue weighted by Crippen LogP contribution is 2.30. The standard InChI is InChI=1S/C26H32N4OS.2ClH/c1-17-6-7-22(30-21-10-12-28-13-11-21)15-24(17)26(31)29-18(2)19-4-3-5-20(14-19)25-9-8-23(16-27)32-25;;/h3-9,14-15,18,21,28,30H,10-13,16,27H2,1-2H3,(H,29,31);2*1H/t18-;;/m1../s1. The highest BCUT2D eigenvalue weighted by atomic mass is 35.5. The number of halogens is 2. The van der Waals surface area contributed by atoms with Gasteiger partial charge < -0.3 is 21.7 Å². The number of rotatable bonds is 7. The second-order valence-electron chi connectivity index (χ2n) is 8.49. The molecule has 1 atom stereocenters. The van der Waals surface area contributed by atoms with Crippen molar-refractivity contribution in [1.29, 1.82) is 0 Å². The van der Waals surface area contributed by atoms with Crippen LogP contribution < -0.4 is 21.7 Å². The lowest BCUT2D eigenvalue weighted by Gasteiger charge is -2.25. The number of hydrogen-bond acceptors (Lipinski definition) is 5. The summed E-state index contributed by atoms with van der Waals surface area (Å²) in [5, 5.41) is 10.2. The van der Waals surface area contributed by atoms with Crippen molar-refractivity contribution in [2.45, 2.75) is 45.3 Å². The van der Waals surface area contributed by atoms with Crippen LogP contribution in [0.4, 0.5) is 5.69 Å². The minimum Gasteiger partial charge on any atom is -0.382 e. The number of amides is 1. The first-order chi connectivity index (χ1) is 15.5. The lowest BCUT2D eigenvalue weighted by atomic mass is 10.0. The van der Waals surface area contributed by atoms with Gasteiger partial charge in [0.25, 0.3) is 5.91 Å². The molecule has 0 radical (unpaired) electrons. The summed E-state index contributed by atoms with van der Waals surface area (Å²) in [6, 6.07) is 19.0. The van der Waals surface area contributed by atoms with E-state index in [1.54, 1.807) is 11.3 Å².